The largest absolute Gasteiger partial charge is 0.360 e. The number of hydrazine groups is 1. The second kappa shape index (κ2) is 7.17. The molecule has 0 bridgehead atoms. The lowest BCUT2D eigenvalue weighted by Gasteiger charge is -2.25. The quantitative estimate of drug-likeness (QED) is 0.320. The van der Waals surface area contributed by atoms with Crippen LogP contribution in [0.5, 0.6) is 0 Å². The molecule has 0 fully saturated rings. The number of carbonyl (C=O) groups is 2. The Hall–Kier alpha value is -3.86. The molecule has 4 aromatic rings. The van der Waals surface area contributed by atoms with E-state index in [-0.39, 0.29) is 0 Å². The number of amides is 1. The molecule has 1 amide bonds. The molecular weight excluding hydrogens is 338 g/mol. The van der Waals surface area contributed by atoms with Crippen LogP contribution in [0.25, 0.3) is 10.9 Å². The maximum Gasteiger partial charge on any atom is 0.311 e. The monoisotopic (exact) mass is 355 g/mol. The minimum atomic E-state index is -0.701. The molecule has 132 valence electrons. The number of hydrogen-bond acceptors (Lipinski definition) is 3. The third-order valence-electron chi connectivity index (χ3n) is 4.28. The Bertz CT molecular complexity index is 1050. The number of nitrogens with zero attached hydrogens (tertiary/aromatic N) is 1. The molecule has 1 heterocycles. The predicted octanol–water partition coefficient (Wildman–Crippen LogP) is 4.22. The highest BCUT2D eigenvalue weighted by Crippen LogP contribution is 2.23. The van der Waals surface area contributed by atoms with E-state index in [4.69, 9.17) is 0 Å². The van der Waals surface area contributed by atoms with Crippen LogP contribution in [0.2, 0.25) is 0 Å². The number of benzene rings is 3. The molecule has 0 saturated carbocycles. The first kappa shape index (κ1) is 16.6. The van der Waals surface area contributed by atoms with Crippen molar-refractivity contribution in [2.24, 2.45) is 0 Å². The molecule has 0 spiro atoms. The number of rotatable bonds is 5. The minimum Gasteiger partial charge on any atom is -0.360 e. The van der Waals surface area contributed by atoms with E-state index in [0.29, 0.717) is 5.56 Å². The second-order valence-corrected chi connectivity index (χ2v) is 6.02. The summed E-state index contributed by atoms with van der Waals surface area (Å²) >= 11 is 0. The van der Waals surface area contributed by atoms with E-state index in [9.17, 15) is 9.59 Å². The predicted molar refractivity (Wildman–Crippen MR) is 106 cm³/mol. The topological polar surface area (TPSA) is 65.2 Å². The number of H-pyrrole nitrogens is 1. The summed E-state index contributed by atoms with van der Waals surface area (Å²) in [4.78, 5) is 28.5. The first-order valence-electron chi connectivity index (χ1n) is 8.56. The Morgan fingerprint density at radius 1 is 0.741 bits per heavy atom. The average Bonchev–Trinajstić information content (AvgIpc) is 3.16. The van der Waals surface area contributed by atoms with Gasteiger partial charge in [0.05, 0.1) is 16.9 Å². The molecule has 27 heavy (non-hydrogen) atoms. The van der Waals surface area contributed by atoms with E-state index in [1.807, 2.05) is 84.9 Å². The molecule has 4 rings (SSSR count). The van der Waals surface area contributed by atoms with Crippen LogP contribution in [0.3, 0.4) is 0 Å². The van der Waals surface area contributed by atoms with Crippen molar-refractivity contribution in [3.63, 3.8) is 0 Å². The van der Waals surface area contributed by atoms with Crippen LogP contribution in [0.4, 0.5) is 11.4 Å². The summed E-state index contributed by atoms with van der Waals surface area (Å²) in [6.07, 6.45) is 1.57. The minimum absolute atomic E-state index is 0.351. The summed E-state index contributed by atoms with van der Waals surface area (Å²) in [6.45, 7) is 0. The lowest BCUT2D eigenvalue weighted by Crippen LogP contribution is -2.42. The van der Waals surface area contributed by atoms with Crippen LogP contribution in [0.1, 0.15) is 10.4 Å². The third-order valence-corrected chi connectivity index (χ3v) is 4.28. The van der Waals surface area contributed by atoms with Crippen molar-refractivity contribution in [1.29, 1.82) is 0 Å². The number of hydrogen-bond donors (Lipinski definition) is 2. The summed E-state index contributed by atoms with van der Waals surface area (Å²) in [6, 6.07) is 26.1. The van der Waals surface area contributed by atoms with Gasteiger partial charge in [0.2, 0.25) is 0 Å². The highest BCUT2D eigenvalue weighted by atomic mass is 16.2. The summed E-state index contributed by atoms with van der Waals surface area (Å²) in [5, 5.41) is 2.33. The maximum absolute atomic E-state index is 12.8. The van der Waals surface area contributed by atoms with Crippen molar-refractivity contribution in [1.82, 2.24) is 10.4 Å². The molecule has 0 saturated heterocycles. The fourth-order valence-electron chi connectivity index (χ4n) is 2.97. The van der Waals surface area contributed by atoms with Crippen molar-refractivity contribution in [2.45, 2.75) is 0 Å². The number of nitrogens with one attached hydrogen (secondary N) is 2. The first-order chi connectivity index (χ1) is 13.2. The summed E-state index contributed by atoms with van der Waals surface area (Å²) in [5.41, 5.74) is 5.41. The molecule has 2 N–H and O–H groups in total. The number of carbonyl (C=O) groups excluding carboxylic acids is 2. The van der Waals surface area contributed by atoms with Gasteiger partial charge in [0.15, 0.2) is 0 Å². The Morgan fingerprint density at radius 3 is 1.93 bits per heavy atom. The molecule has 5 heteroatoms. The van der Waals surface area contributed by atoms with Crippen LogP contribution >= 0.6 is 0 Å². The van der Waals surface area contributed by atoms with Gasteiger partial charge < -0.3 is 4.98 Å². The Labute approximate surface area is 156 Å². The first-order valence-corrected chi connectivity index (χ1v) is 8.56. The number of ketones is 1. The summed E-state index contributed by atoms with van der Waals surface area (Å²) in [5.74, 6) is -1.29. The number of para-hydroxylation sites is 3. The number of fused-ring (bicyclic) bond motifs is 1. The van der Waals surface area contributed by atoms with E-state index in [0.717, 1.165) is 22.3 Å². The van der Waals surface area contributed by atoms with Crippen molar-refractivity contribution in [2.75, 3.05) is 5.01 Å². The van der Waals surface area contributed by atoms with Crippen LogP contribution in [0, 0.1) is 0 Å². The van der Waals surface area contributed by atoms with Gasteiger partial charge in [0, 0.05) is 17.1 Å². The molecule has 5 nitrogen and oxygen atoms in total. The van der Waals surface area contributed by atoms with Gasteiger partial charge >= 0.3 is 5.91 Å². The fourth-order valence-corrected chi connectivity index (χ4v) is 2.97. The van der Waals surface area contributed by atoms with Crippen molar-refractivity contribution >= 4 is 34.0 Å². The lowest BCUT2D eigenvalue weighted by molar-refractivity contribution is -0.117. The van der Waals surface area contributed by atoms with Gasteiger partial charge in [-0.2, -0.15) is 0 Å². The summed E-state index contributed by atoms with van der Waals surface area (Å²) < 4.78 is 0. The number of anilines is 2. The molecule has 1 aromatic heterocycles. The van der Waals surface area contributed by atoms with Crippen LogP contribution < -0.4 is 10.4 Å². The molecule has 0 radical (unpaired) electrons. The van der Waals surface area contributed by atoms with Gasteiger partial charge in [-0.1, -0.05) is 54.6 Å². The van der Waals surface area contributed by atoms with Gasteiger partial charge in [0.1, 0.15) is 0 Å². The standard InChI is InChI=1S/C22H17N3O2/c26-21(19-15-23-20-14-8-7-13-18(19)20)22(27)24-25(16-9-3-1-4-10-16)17-11-5-2-6-12-17/h1-15,23H,(H,24,27). The van der Waals surface area contributed by atoms with Crippen molar-refractivity contribution in [3.8, 4) is 0 Å². The molecule has 0 unspecified atom stereocenters. The van der Waals surface area contributed by atoms with Crippen molar-refractivity contribution < 1.29 is 9.59 Å². The van der Waals surface area contributed by atoms with Gasteiger partial charge in [-0.05, 0) is 30.3 Å². The highest BCUT2D eigenvalue weighted by Gasteiger charge is 2.22. The fraction of sp³-hybridized carbons (Fsp3) is 0. The zero-order valence-electron chi connectivity index (χ0n) is 14.4. The molecular formula is C22H17N3O2. The highest BCUT2D eigenvalue weighted by molar-refractivity contribution is 6.45. The number of aromatic amines is 1. The maximum atomic E-state index is 12.8. The van der Waals surface area contributed by atoms with Crippen molar-refractivity contribution in [3.05, 3.63) is 96.7 Å². The normalized spacial score (nSPS) is 10.5. The Balaban J connectivity index is 1.65. The zero-order valence-corrected chi connectivity index (χ0v) is 14.4. The SMILES string of the molecule is O=C(NN(c1ccccc1)c1ccccc1)C(=O)c1c[nH]c2ccccc12. The van der Waals surface area contributed by atoms with E-state index in [1.165, 1.54) is 0 Å². The second-order valence-electron chi connectivity index (χ2n) is 6.02. The smallest absolute Gasteiger partial charge is 0.311 e. The number of Topliss-reactive ketones (excluding diaryl/α,β-unsaturated/α-hetero) is 1. The Kier molecular flexibility index (Phi) is 4.41. The van der Waals surface area contributed by atoms with E-state index < -0.39 is 11.7 Å². The molecule has 0 aliphatic carbocycles. The van der Waals surface area contributed by atoms with E-state index >= 15 is 0 Å². The van der Waals surface area contributed by atoms with E-state index in [2.05, 4.69) is 10.4 Å². The van der Waals surface area contributed by atoms with Crippen LogP contribution in [-0.4, -0.2) is 16.7 Å². The lowest BCUT2D eigenvalue weighted by atomic mass is 10.1. The average molecular weight is 355 g/mol. The van der Waals surface area contributed by atoms with Crippen LogP contribution in [0.15, 0.2) is 91.1 Å². The molecule has 0 atom stereocenters. The third kappa shape index (κ3) is 3.30. The Morgan fingerprint density at radius 2 is 1.30 bits per heavy atom. The zero-order chi connectivity index (χ0) is 18.6. The van der Waals surface area contributed by atoms with Gasteiger partial charge in [-0.25, -0.2) is 0 Å². The van der Waals surface area contributed by atoms with Gasteiger partial charge in [0.25, 0.3) is 5.78 Å². The van der Waals surface area contributed by atoms with Gasteiger partial charge in [-0.15, -0.1) is 0 Å². The van der Waals surface area contributed by atoms with E-state index in [1.54, 1.807) is 11.2 Å². The molecule has 3 aromatic carbocycles. The molecule has 0 aliphatic rings. The van der Waals surface area contributed by atoms with Crippen LogP contribution in [-0.2, 0) is 4.79 Å². The number of aromatic nitrogens is 1. The summed E-state index contributed by atoms with van der Waals surface area (Å²) in [7, 11) is 0. The van der Waals surface area contributed by atoms with Gasteiger partial charge in [-0.3, -0.25) is 20.0 Å². The molecule has 0 aliphatic heterocycles.